The van der Waals surface area contributed by atoms with Gasteiger partial charge in [-0.2, -0.15) is 5.26 Å². The summed E-state index contributed by atoms with van der Waals surface area (Å²) in [5.74, 6) is 0.654. The molecule has 1 N–H and O–H groups in total. The first kappa shape index (κ1) is 23.7. The zero-order valence-electron chi connectivity index (χ0n) is 17.8. The number of ether oxygens (including phenoxy) is 1. The fraction of sp³-hybridized carbons (Fsp3) is 0.458. The Hall–Kier alpha value is -1.44. The molecular formula is C24H25BrIN3O2S. The molecular weight excluding hydrogens is 601 g/mol. The summed E-state index contributed by atoms with van der Waals surface area (Å²) in [6.45, 7) is -0.0270. The van der Waals surface area contributed by atoms with Gasteiger partial charge in [0.25, 0.3) is 5.91 Å². The number of halogens is 2. The third kappa shape index (κ3) is 5.54. The first-order chi connectivity index (χ1) is 15.6. The Morgan fingerprint density at radius 1 is 1.28 bits per heavy atom. The van der Waals surface area contributed by atoms with Gasteiger partial charge in [-0.1, -0.05) is 35.2 Å². The van der Waals surface area contributed by atoms with E-state index in [2.05, 4.69) is 43.8 Å². The van der Waals surface area contributed by atoms with E-state index in [1.807, 2.05) is 18.2 Å². The van der Waals surface area contributed by atoms with Crippen molar-refractivity contribution in [1.82, 2.24) is 5.32 Å². The molecule has 1 saturated carbocycles. The molecule has 1 fully saturated rings. The molecule has 1 aromatic heterocycles. The van der Waals surface area contributed by atoms with Crippen molar-refractivity contribution in [3.05, 3.63) is 41.7 Å². The van der Waals surface area contributed by atoms with Gasteiger partial charge in [0, 0.05) is 27.2 Å². The van der Waals surface area contributed by atoms with Crippen molar-refractivity contribution >= 4 is 67.0 Å². The second-order valence-corrected chi connectivity index (χ2v) is 11.4. The molecule has 0 unspecified atom stereocenters. The van der Waals surface area contributed by atoms with Crippen LogP contribution in [0.2, 0.25) is 0 Å². The standard InChI is InChI=1S/C24H25BrIN3O2S/c25-16-12-15(22(19(26)13-16)31-11-10-27)14-28-24-21(18-8-4-5-9-20(18)32-24)23(30)29-17-6-2-1-3-7-17/h12-14,17H,1-9,11H2,(H,29,30). The number of hydrogen-bond donors (Lipinski definition) is 1. The van der Waals surface area contributed by atoms with E-state index in [1.54, 1.807) is 17.6 Å². The highest BCUT2D eigenvalue weighted by atomic mass is 127. The number of nitrogens with one attached hydrogen (secondary N) is 1. The number of hydrogen-bond acceptors (Lipinski definition) is 5. The van der Waals surface area contributed by atoms with Gasteiger partial charge in [0.2, 0.25) is 0 Å². The van der Waals surface area contributed by atoms with Gasteiger partial charge in [-0.15, -0.1) is 11.3 Å². The Kier molecular flexibility index (Phi) is 8.24. The minimum atomic E-state index is -0.0270. The van der Waals surface area contributed by atoms with Crippen molar-refractivity contribution in [2.24, 2.45) is 4.99 Å². The lowest BCUT2D eigenvalue weighted by Crippen LogP contribution is -2.36. The van der Waals surface area contributed by atoms with Gasteiger partial charge in [-0.05, 0) is 78.8 Å². The van der Waals surface area contributed by atoms with Gasteiger partial charge < -0.3 is 10.1 Å². The highest BCUT2D eigenvalue weighted by Crippen LogP contribution is 2.40. The van der Waals surface area contributed by atoms with Gasteiger partial charge in [0.05, 0.1) is 9.13 Å². The van der Waals surface area contributed by atoms with E-state index in [0.29, 0.717) is 5.75 Å². The second kappa shape index (κ2) is 11.1. The third-order valence-electron chi connectivity index (χ3n) is 5.96. The van der Waals surface area contributed by atoms with Crippen LogP contribution < -0.4 is 10.1 Å². The topological polar surface area (TPSA) is 74.5 Å². The van der Waals surface area contributed by atoms with Crippen LogP contribution in [0.5, 0.6) is 5.75 Å². The molecule has 0 spiro atoms. The van der Waals surface area contributed by atoms with E-state index in [0.717, 1.165) is 62.7 Å². The summed E-state index contributed by atoms with van der Waals surface area (Å²) in [5, 5.41) is 13.0. The number of fused-ring (bicyclic) bond motifs is 1. The molecule has 2 aliphatic carbocycles. The quantitative estimate of drug-likeness (QED) is 0.286. The van der Waals surface area contributed by atoms with Gasteiger partial charge in [0.1, 0.15) is 16.8 Å². The smallest absolute Gasteiger partial charge is 0.254 e. The Bertz CT molecular complexity index is 1070. The molecule has 0 aliphatic heterocycles. The van der Waals surface area contributed by atoms with E-state index in [4.69, 9.17) is 15.0 Å². The van der Waals surface area contributed by atoms with Crippen LogP contribution in [-0.2, 0) is 12.8 Å². The van der Waals surface area contributed by atoms with Crippen LogP contribution in [0.4, 0.5) is 5.00 Å². The number of rotatable bonds is 6. The van der Waals surface area contributed by atoms with Crippen molar-refractivity contribution in [3.63, 3.8) is 0 Å². The molecule has 2 aliphatic rings. The van der Waals surface area contributed by atoms with Crippen LogP contribution in [-0.4, -0.2) is 24.8 Å². The fourth-order valence-corrected chi connectivity index (χ4v) is 7.38. The summed E-state index contributed by atoms with van der Waals surface area (Å²) in [5.41, 5.74) is 2.73. The maximum absolute atomic E-state index is 13.3. The van der Waals surface area contributed by atoms with E-state index in [-0.39, 0.29) is 18.6 Å². The Morgan fingerprint density at radius 3 is 2.84 bits per heavy atom. The lowest BCUT2D eigenvalue weighted by Gasteiger charge is -2.23. The van der Waals surface area contributed by atoms with Gasteiger partial charge in [-0.25, -0.2) is 4.99 Å². The molecule has 0 bridgehead atoms. The molecule has 4 rings (SSSR count). The number of aliphatic imine (C=N–C) groups is 1. The summed E-state index contributed by atoms with van der Waals surface area (Å²) in [7, 11) is 0. The summed E-state index contributed by atoms with van der Waals surface area (Å²) in [4.78, 5) is 19.4. The number of aryl methyl sites for hydroxylation is 1. The monoisotopic (exact) mass is 625 g/mol. The van der Waals surface area contributed by atoms with Crippen LogP contribution >= 0.6 is 49.9 Å². The zero-order chi connectivity index (χ0) is 22.5. The van der Waals surface area contributed by atoms with E-state index in [1.165, 1.54) is 29.7 Å². The maximum Gasteiger partial charge on any atom is 0.254 e. The van der Waals surface area contributed by atoms with Crippen molar-refractivity contribution in [2.45, 2.75) is 63.8 Å². The minimum absolute atomic E-state index is 0.0215. The largest absolute Gasteiger partial charge is 0.477 e. The van der Waals surface area contributed by atoms with E-state index in [9.17, 15) is 4.79 Å². The molecule has 168 valence electrons. The summed E-state index contributed by atoms with van der Waals surface area (Å²) in [6, 6.07) is 6.16. The fourth-order valence-electron chi connectivity index (χ4n) is 4.44. The molecule has 8 heteroatoms. The third-order valence-corrected chi connectivity index (χ3v) is 8.42. The molecule has 0 radical (unpaired) electrons. The average Bonchev–Trinajstić information content (AvgIpc) is 3.16. The second-order valence-electron chi connectivity index (χ2n) is 8.21. The number of carbonyl (C=O) groups is 1. The Balaban J connectivity index is 1.67. The van der Waals surface area contributed by atoms with Crippen LogP contribution in [0, 0.1) is 14.9 Å². The first-order valence-corrected chi connectivity index (χ1v) is 13.7. The predicted octanol–water partition coefficient (Wildman–Crippen LogP) is 6.71. The van der Waals surface area contributed by atoms with Crippen LogP contribution in [0.1, 0.15) is 71.3 Å². The van der Waals surface area contributed by atoms with Crippen LogP contribution in [0.15, 0.2) is 21.6 Å². The van der Waals surface area contributed by atoms with E-state index >= 15 is 0 Å². The average molecular weight is 626 g/mol. The molecule has 2 aromatic rings. The Labute approximate surface area is 214 Å². The lowest BCUT2D eigenvalue weighted by atomic mass is 9.93. The highest BCUT2D eigenvalue weighted by molar-refractivity contribution is 14.1. The van der Waals surface area contributed by atoms with Crippen LogP contribution in [0.3, 0.4) is 0 Å². The molecule has 1 heterocycles. The van der Waals surface area contributed by atoms with Crippen molar-refractivity contribution in [2.75, 3.05) is 6.61 Å². The summed E-state index contributed by atoms with van der Waals surface area (Å²) >= 11 is 7.37. The molecule has 1 amide bonds. The number of benzene rings is 1. The van der Waals surface area contributed by atoms with Crippen molar-refractivity contribution in [1.29, 1.82) is 5.26 Å². The van der Waals surface area contributed by atoms with Gasteiger partial charge in [0.15, 0.2) is 6.61 Å². The van der Waals surface area contributed by atoms with Crippen LogP contribution in [0.25, 0.3) is 0 Å². The minimum Gasteiger partial charge on any atom is -0.477 e. The lowest BCUT2D eigenvalue weighted by molar-refractivity contribution is 0.0927. The van der Waals surface area contributed by atoms with Gasteiger partial charge in [-0.3, -0.25) is 4.79 Å². The maximum atomic E-state index is 13.3. The number of nitrogens with zero attached hydrogens (tertiary/aromatic N) is 2. The molecule has 0 atom stereocenters. The number of carbonyl (C=O) groups excluding carboxylic acids is 1. The normalized spacial score (nSPS) is 16.5. The van der Waals surface area contributed by atoms with Gasteiger partial charge >= 0.3 is 0 Å². The molecule has 32 heavy (non-hydrogen) atoms. The SMILES string of the molecule is N#CCOc1c(I)cc(Br)cc1C=Nc1sc2c(c1C(=O)NC1CCCCC1)CCCC2. The molecule has 1 aromatic carbocycles. The predicted molar refractivity (Wildman–Crippen MR) is 141 cm³/mol. The summed E-state index contributed by atoms with van der Waals surface area (Å²) in [6.07, 6.45) is 11.8. The van der Waals surface area contributed by atoms with E-state index < -0.39 is 0 Å². The Morgan fingerprint density at radius 2 is 2.06 bits per heavy atom. The van der Waals surface area contributed by atoms with Crippen molar-refractivity contribution < 1.29 is 9.53 Å². The molecule has 5 nitrogen and oxygen atoms in total. The highest BCUT2D eigenvalue weighted by Gasteiger charge is 2.27. The number of nitriles is 1. The zero-order valence-corrected chi connectivity index (χ0v) is 22.3. The first-order valence-electron chi connectivity index (χ1n) is 11.0. The molecule has 0 saturated heterocycles. The summed E-state index contributed by atoms with van der Waals surface area (Å²) < 4.78 is 7.47. The number of thiophene rings is 1. The number of amides is 1. The van der Waals surface area contributed by atoms with Crippen molar-refractivity contribution in [3.8, 4) is 11.8 Å².